The number of hydrogen-bond acceptors (Lipinski definition) is 2. The topological polar surface area (TPSA) is 45.8 Å². The Labute approximate surface area is 132 Å². The van der Waals surface area contributed by atoms with Crippen LogP contribution in [0.3, 0.4) is 0 Å². The van der Waals surface area contributed by atoms with Crippen LogP contribution in [0.4, 0.5) is 4.39 Å². The maximum absolute atomic E-state index is 13.0. The van der Waals surface area contributed by atoms with E-state index in [9.17, 15) is 14.4 Å². The van der Waals surface area contributed by atoms with Crippen LogP contribution in [0.1, 0.15) is 11.1 Å². The Hall–Kier alpha value is -3.19. The second kappa shape index (κ2) is 6.29. The van der Waals surface area contributed by atoms with Gasteiger partial charge in [-0.1, -0.05) is 42.5 Å². The van der Waals surface area contributed by atoms with E-state index in [1.807, 2.05) is 36.4 Å². The molecule has 3 nitrogen and oxygen atoms in total. The predicted octanol–water partition coefficient (Wildman–Crippen LogP) is 3.57. The summed E-state index contributed by atoms with van der Waals surface area (Å²) in [5, 5.41) is 9.20. The van der Waals surface area contributed by atoms with E-state index >= 15 is 0 Å². The third-order valence-electron chi connectivity index (χ3n) is 3.58. The fourth-order valence-corrected chi connectivity index (χ4v) is 2.41. The molecule has 0 aliphatic rings. The van der Waals surface area contributed by atoms with Gasteiger partial charge in [0.1, 0.15) is 17.4 Å². The van der Waals surface area contributed by atoms with E-state index < -0.39 is 0 Å². The number of nitriles is 1. The van der Waals surface area contributed by atoms with Gasteiger partial charge < -0.3 is 4.57 Å². The highest BCUT2D eigenvalue weighted by Crippen LogP contribution is 2.18. The zero-order valence-corrected chi connectivity index (χ0v) is 12.2. The molecule has 23 heavy (non-hydrogen) atoms. The van der Waals surface area contributed by atoms with E-state index in [-0.39, 0.29) is 23.5 Å². The fraction of sp³-hybridized carbons (Fsp3) is 0.0526. The van der Waals surface area contributed by atoms with Gasteiger partial charge in [0.05, 0.1) is 6.54 Å². The molecule has 0 amide bonds. The summed E-state index contributed by atoms with van der Waals surface area (Å²) in [6.45, 7) is 0.286. The van der Waals surface area contributed by atoms with Gasteiger partial charge in [-0.05, 0) is 34.9 Å². The van der Waals surface area contributed by atoms with Crippen LogP contribution >= 0.6 is 0 Å². The smallest absolute Gasteiger partial charge is 0.268 e. The summed E-state index contributed by atoms with van der Waals surface area (Å²) in [5.41, 5.74) is 2.26. The molecule has 0 aliphatic carbocycles. The Morgan fingerprint density at radius 2 is 1.70 bits per heavy atom. The van der Waals surface area contributed by atoms with Gasteiger partial charge in [0.2, 0.25) is 0 Å². The number of benzene rings is 2. The number of hydrogen-bond donors (Lipinski definition) is 0. The first-order chi connectivity index (χ1) is 11.2. The Bertz CT molecular complexity index is 922. The van der Waals surface area contributed by atoms with Crippen LogP contribution < -0.4 is 5.56 Å². The second-order valence-corrected chi connectivity index (χ2v) is 5.18. The lowest BCUT2D eigenvalue weighted by Gasteiger charge is -2.10. The highest BCUT2D eigenvalue weighted by Gasteiger charge is 2.08. The van der Waals surface area contributed by atoms with E-state index in [0.717, 1.165) is 16.7 Å². The standard InChI is InChI=1S/C19H13FN2O/c20-18-8-6-14(7-9-18)12-22-13-17(10-16(11-21)19(22)23)15-4-2-1-3-5-15/h1-10,13H,12H2. The summed E-state index contributed by atoms with van der Waals surface area (Å²) in [5.74, 6) is -0.322. The van der Waals surface area contributed by atoms with E-state index in [1.165, 1.54) is 16.7 Å². The van der Waals surface area contributed by atoms with Gasteiger partial charge >= 0.3 is 0 Å². The summed E-state index contributed by atoms with van der Waals surface area (Å²) < 4.78 is 14.5. The third kappa shape index (κ3) is 3.19. The van der Waals surface area contributed by atoms with Gasteiger partial charge in [-0.2, -0.15) is 5.26 Å². The first kappa shape index (κ1) is 14.7. The molecule has 3 rings (SSSR count). The fourth-order valence-electron chi connectivity index (χ4n) is 2.41. The molecular formula is C19H13FN2O. The second-order valence-electron chi connectivity index (χ2n) is 5.18. The summed E-state index contributed by atoms with van der Waals surface area (Å²) >= 11 is 0. The predicted molar refractivity (Wildman–Crippen MR) is 86.4 cm³/mol. The van der Waals surface area contributed by atoms with Crippen LogP contribution in [0.15, 0.2) is 71.7 Å². The summed E-state index contributed by atoms with van der Waals surface area (Å²) in [7, 11) is 0. The molecule has 0 bridgehead atoms. The molecule has 0 saturated heterocycles. The summed E-state index contributed by atoms with van der Waals surface area (Å²) in [4.78, 5) is 12.3. The van der Waals surface area contributed by atoms with Gasteiger partial charge in [0.25, 0.3) is 5.56 Å². The molecule has 1 aromatic heterocycles. The molecule has 0 atom stereocenters. The maximum Gasteiger partial charge on any atom is 0.268 e. The molecule has 0 unspecified atom stereocenters. The lowest BCUT2D eigenvalue weighted by molar-refractivity contribution is 0.626. The van der Waals surface area contributed by atoms with Crippen LogP contribution in [0.2, 0.25) is 0 Å². The van der Waals surface area contributed by atoms with Crippen molar-refractivity contribution >= 4 is 0 Å². The number of pyridine rings is 1. The van der Waals surface area contributed by atoms with Gasteiger partial charge in [-0.25, -0.2) is 4.39 Å². The minimum absolute atomic E-state index is 0.0912. The Kier molecular flexibility index (Phi) is 4.03. The van der Waals surface area contributed by atoms with Crippen molar-refractivity contribution in [1.29, 1.82) is 5.26 Å². The number of rotatable bonds is 3. The molecule has 0 fully saturated rings. The average molecular weight is 304 g/mol. The summed E-state index contributed by atoms with van der Waals surface area (Å²) in [6.07, 6.45) is 1.72. The Morgan fingerprint density at radius 3 is 2.35 bits per heavy atom. The zero-order valence-electron chi connectivity index (χ0n) is 12.2. The van der Waals surface area contributed by atoms with Gasteiger partial charge in [0, 0.05) is 6.20 Å². The van der Waals surface area contributed by atoms with Gasteiger partial charge in [-0.15, -0.1) is 0 Å². The van der Waals surface area contributed by atoms with E-state index in [1.54, 1.807) is 24.4 Å². The quantitative estimate of drug-likeness (QED) is 0.742. The molecule has 1 heterocycles. The molecule has 0 aliphatic heterocycles. The average Bonchev–Trinajstić information content (AvgIpc) is 2.59. The highest BCUT2D eigenvalue weighted by atomic mass is 19.1. The SMILES string of the molecule is N#Cc1cc(-c2ccccc2)cn(Cc2ccc(F)cc2)c1=O. The largest absolute Gasteiger partial charge is 0.309 e. The van der Waals surface area contributed by atoms with Crippen molar-refractivity contribution in [1.82, 2.24) is 4.57 Å². The minimum atomic E-state index is -0.350. The molecule has 2 aromatic carbocycles. The van der Waals surface area contributed by atoms with Crippen LogP contribution in [0.25, 0.3) is 11.1 Å². The van der Waals surface area contributed by atoms with E-state index in [0.29, 0.717) is 0 Å². The highest BCUT2D eigenvalue weighted by molar-refractivity contribution is 5.63. The van der Waals surface area contributed by atoms with Gasteiger partial charge in [0.15, 0.2) is 0 Å². The number of nitrogens with zero attached hydrogens (tertiary/aromatic N) is 2. The van der Waals surface area contributed by atoms with Crippen molar-refractivity contribution in [3.63, 3.8) is 0 Å². The van der Waals surface area contributed by atoms with Gasteiger partial charge in [-0.3, -0.25) is 4.79 Å². The van der Waals surface area contributed by atoms with Crippen LogP contribution in [-0.2, 0) is 6.54 Å². The van der Waals surface area contributed by atoms with E-state index in [2.05, 4.69) is 0 Å². The van der Waals surface area contributed by atoms with Crippen LogP contribution in [0, 0.1) is 17.1 Å². The van der Waals surface area contributed by atoms with Crippen molar-refractivity contribution < 1.29 is 4.39 Å². The van der Waals surface area contributed by atoms with Crippen molar-refractivity contribution in [2.45, 2.75) is 6.54 Å². The number of aromatic nitrogens is 1. The molecule has 3 aromatic rings. The first-order valence-corrected chi connectivity index (χ1v) is 7.12. The zero-order chi connectivity index (χ0) is 16.2. The molecule has 0 spiro atoms. The molecule has 4 heteroatoms. The third-order valence-corrected chi connectivity index (χ3v) is 3.58. The minimum Gasteiger partial charge on any atom is -0.309 e. The lowest BCUT2D eigenvalue weighted by atomic mass is 10.1. The maximum atomic E-state index is 13.0. The normalized spacial score (nSPS) is 10.3. The van der Waals surface area contributed by atoms with Crippen molar-refractivity contribution in [2.24, 2.45) is 0 Å². The van der Waals surface area contributed by atoms with Crippen molar-refractivity contribution in [3.05, 3.63) is 94.2 Å². The molecule has 112 valence electrons. The van der Waals surface area contributed by atoms with Crippen molar-refractivity contribution in [3.8, 4) is 17.2 Å². The summed E-state index contributed by atoms with van der Waals surface area (Å²) in [6, 6.07) is 19.1. The van der Waals surface area contributed by atoms with E-state index in [4.69, 9.17) is 0 Å². The molecule has 0 radical (unpaired) electrons. The molecule has 0 N–H and O–H groups in total. The monoisotopic (exact) mass is 304 g/mol. The first-order valence-electron chi connectivity index (χ1n) is 7.12. The Balaban J connectivity index is 2.07. The number of halogens is 1. The molecular weight excluding hydrogens is 291 g/mol. The van der Waals surface area contributed by atoms with Crippen LogP contribution in [-0.4, -0.2) is 4.57 Å². The lowest BCUT2D eigenvalue weighted by Crippen LogP contribution is -2.22. The Morgan fingerprint density at radius 1 is 1.00 bits per heavy atom. The van der Waals surface area contributed by atoms with Crippen molar-refractivity contribution in [2.75, 3.05) is 0 Å². The van der Waals surface area contributed by atoms with Crippen LogP contribution in [0.5, 0.6) is 0 Å². The molecule has 0 saturated carbocycles.